The van der Waals surface area contributed by atoms with E-state index < -0.39 is 0 Å². The van der Waals surface area contributed by atoms with Crippen LogP contribution in [0.2, 0.25) is 10.0 Å². The van der Waals surface area contributed by atoms with Gasteiger partial charge in [0, 0.05) is 15.6 Å². The average molecular weight is 471 g/mol. The van der Waals surface area contributed by atoms with Crippen molar-refractivity contribution in [2.75, 3.05) is 7.11 Å². The maximum Gasteiger partial charge on any atom is 0.244 e. The predicted octanol–water partition coefficient (Wildman–Crippen LogP) is 5.89. The number of hydrazone groups is 1. The summed E-state index contributed by atoms with van der Waals surface area (Å²) in [6, 6.07) is 16.7. The number of aryl methyl sites for hydroxylation is 2. The molecular formula is C25H24Cl2N2O3. The molecule has 7 heteroatoms. The highest BCUT2D eigenvalue weighted by molar-refractivity contribution is 6.35. The van der Waals surface area contributed by atoms with E-state index in [1.807, 2.05) is 38.1 Å². The molecule has 3 aromatic rings. The Morgan fingerprint density at radius 2 is 1.78 bits per heavy atom. The Morgan fingerprint density at radius 3 is 2.50 bits per heavy atom. The van der Waals surface area contributed by atoms with Gasteiger partial charge in [-0.15, -0.1) is 0 Å². The van der Waals surface area contributed by atoms with Gasteiger partial charge in [-0.3, -0.25) is 4.79 Å². The fourth-order valence-corrected chi connectivity index (χ4v) is 3.58. The van der Waals surface area contributed by atoms with Gasteiger partial charge in [0.25, 0.3) is 0 Å². The molecule has 0 atom stereocenters. The number of hydrogen-bond acceptors (Lipinski definition) is 4. The van der Waals surface area contributed by atoms with Gasteiger partial charge >= 0.3 is 0 Å². The number of rotatable bonds is 8. The summed E-state index contributed by atoms with van der Waals surface area (Å²) < 4.78 is 11.3. The lowest BCUT2D eigenvalue weighted by Gasteiger charge is -2.12. The summed E-state index contributed by atoms with van der Waals surface area (Å²) in [7, 11) is 1.56. The predicted molar refractivity (Wildman–Crippen MR) is 129 cm³/mol. The lowest BCUT2D eigenvalue weighted by atomic mass is 10.0. The summed E-state index contributed by atoms with van der Waals surface area (Å²) in [4.78, 5) is 12.2. The van der Waals surface area contributed by atoms with E-state index in [2.05, 4.69) is 16.6 Å². The molecule has 3 aromatic carbocycles. The molecule has 5 nitrogen and oxygen atoms in total. The van der Waals surface area contributed by atoms with Gasteiger partial charge in [-0.1, -0.05) is 53.0 Å². The highest BCUT2D eigenvalue weighted by Crippen LogP contribution is 2.29. The van der Waals surface area contributed by atoms with Crippen molar-refractivity contribution in [1.82, 2.24) is 5.43 Å². The van der Waals surface area contributed by atoms with Crippen LogP contribution in [0.25, 0.3) is 0 Å². The van der Waals surface area contributed by atoms with Crippen LogP contribution in [0.5, 0.6) is 11.5 Å². The van der Waals surface area contributed by atoms with E-state index in [-0.39, 0.29) is 18.9 Å². The first kappa shape index (κ1) is 23.6. The monoisotopic (exact) mass is 470 g/mol. The standard InChI is InChI=1S/C25H24Cl2N2O3/c1-16-4-6-19(17(2)10-16)12-25(30)29-28-14-18-5-9-23(24(11-18)31-3)32-15-20-7-8-21(26)13-22(20)27/h4-11,13-14H,12,15H2,1-3H3,(H,29,30)/b28-14-. The molecule has 0 radical (unpaired) electrons. The normalized spacial score (nSPS) is 10.9. The van der Waals surface area contributed by atoms with Crippen molar-refractivity contribution in [3.63, 3.8) is 0 Å². The van der Waals surface area contributed by atoms with Crippen LogP contribution in [0.15, 0.2) is 59.7 Å². The van der Waals surface area contributed by atoms with Gasteiger partial charge in [-0.2, -0.15) is 5.10 Å². The Morgan fingerprint density at radius 1 is 1.00 bits per heavy atom. The molecule has 0 unspecified atom stereocenters. The smallest absolute Gasteiger partial charge is 0.244 e. The first-order valence-corrected chi connectivity index (χ1v) is 10.7. The van der Waals surface area contributed by atoms with Crippen LogP contribution in [0.1, 0.15) is 27.8 Å². The van der Waals surface area contributed by atoms with Gasteiger partial charge in [-0.25, -0.2) is 5.43 Å². The molecule has 0 bridgehead atoms. The molecule has 1 amide bonds. The van der Waals surface area contributed by atoms with E-state index >= 15 is 0 Å². The molecule has 3 rings (SSSR count). The summed E-state index contributed by atoms with van der Waals surface area (Å²) in [5.74, 6) is 0.926. The molecule has 0 aliphatic rings. The first-order valence-electron chi connectivity index (χ1n) is 9.98. The van der Waals surface area contributed by atoms with Crippen LogP contribution < -0.4 is 14.9 Å². The number of ether oxygens (including phenoxy) is 2. The summed E-state index contributed by atoms with van der Waals surface area (Å²) in [6.07, 6.45) is 1.83. The zero-order valence-electron chi connectivity index (χ0n) is 18.1. The molecular weight excluding hydrogens is 447 g/mol. The third-order valence-electron chi connectivity index (χ3n) is 4.84. The zero-order chi connectivity index (χ0) is 23.1. The fourth-order valence-electron chi connectivity index (χ4n) is 3.11. The highest BCUT2D eigenvalue weighted by Gasteiger charge is 2.09. The molecule has 0 saturated heterocycles. The van der Waals surface area contributed by atoms with Crippen molar-refractivity contribution >= 4 is 35.3 Å². The SMILES string of the molecule is COc1cc(/C=N\NC(=O)Cc2ccc(C)cc2C)ccc1OCc1ccc(Cl)cc1Cl. The van der Waals surface area contributed by atoms with Crippen LogP contribution in [0.4, 0.5) is 0 Å². The van der Waals surface area contributed by atoms with Crippen molar-refractivity contribution in [3.8, 4) is 11.5 Å². The Balaban J connectivity index is 1.59. The Hall–Kier alpha value is -3.02. The molecule has 1 N–H and O–H groups in total. The van der Waals surface area contributed by atoms with Crippen molar-refractivity contribution in [2.45, 2.75) is 26.9 Å². The van der Waals surface area contributed by atoms with Gasteiger partial charge in [0.15, 0.2) is 11.5 Å². The number of nitrogens with zero attached hydrogens (tertiary/aromatic N) is 1. The summed E-state index contributed by atoms with van der Waals surface area (Å²) in [5.41, 5.74) is 7.37. The topological polar surface area (TPSA) is 59.9 Å². The van der Waals surface area contributed by atoms with Gasteiger partial charge < -0.3 is 9.47 Å². The third-order valence-corrected chi connectivity index (χ3v) is 5.42. The van der Waals surface area contributed by atoms with Crippen LogP contribution in [0, 0.1) is 13.8 Å². The minimum atomic E-state index is -0.181. The van der Waals surface area contributed by atoms with Crippen molar-refractivity contribution in [2.24, 2.45) is 5.10 Å². The number of nitrogens with one attached hydrogen (secondary N) is 1. The Labute approximate surface area is 198 Å². The second-order valence-electron chi connectivity index (χ2n) is 7.33. The Kier molecular flexibility index (Phi) is 8.14. The minimum absolute atomic E-state index is 0.181. The van der Waals surface area contributed by atoms with Gasteiger partial charge in [0.05, 0.1) is 19.7 Å². The number of carbonyl (C=O) groups is 1. The number of hydrogen-bond donors (Lipinski definition) is 1. The molecule has 0 spiro atoms. The van der Waals surface area contributed by atoms with E-state index in [1.165, 1.54) is 5.56 Å². The van der Waals surface area contributed by atoms with Crippen molar-refractivity contribution in [3.05, 3.63) is 92.5 Å². The van der Waals surface area contributed by atoms with Crippen molar-refractivity contribution < 1.29 is 14.3 Å². The van der Waals surface area contributed by atoms with E-state index in [0.717, 1.165) is 22.3 Å². The summed E-state index contributed by atoms with van der Waals surface area (Å²) in [5, 5.41) is 5.16. The van der Waals surface area contributed by atoms with Crippen LogP contribution >= 0.6 is 23.2 Å². The number of amides is 1. The van der Waals surface area contributed by atoms with Crippen LogP contribution in [0.3, 0.4) is 0 Å². The van der Waals surface area contributed by atoms with E-state index in [1.54, 1.807) is 37.6 Å². The molecule has 166 valence electrons. The zero-order valence-corrected chi connectivity index (χ0v) is 19.6. The molecule has 0 aliphatic carbocycles. The molecule has 0 saturated carbocycles. The number of halogens is 2. The number of benzene rings is 3. The second-order valence-corrected chi connectivity index (χ2v) is 8.18. The van der Waals surface area contributed by atoms with E-state index in [4.69, 9.17) is 32.7 Å². The average Bonchev–Trinajstić information content (AvgIpc) is 2.75. The quantitative estimate of drug-likeness (QED) is 0.329. The lowest BCUT2D eigenvalue weighted by molar-refractivity contribution is -0.120. The maximum atomic E-state index is 12.2. The molecule has 0 heterocycles. The highest BCUT2D eigenvalue weighted by atomic mass is 35.5. The molecule has 32 heavy (non-hydrogen) atoms. The minimum Gasteiger partial charge on any atom is -0.493 e. The van der Waals surface area contributed by atoms with Gasteiger partial charge in [0.2, 0.25) is 5.91 Å². The second kappa shape index (κ2) is 11.0. The molecule has 0 fully saturated rings. The number of carbonyl (C=O) groups excluding carboxylic acids is 1. The maximum absolute atomic E-state index is 12.2. The largest absolute Gasteiger partial charge is 0.493 e. The third kappa shape index (κ3) is 6.49. The van der Waals surface area contributed by atoms with E-state index in [9.17, 15) is 4.79 Å². The molecule has 0 aliphatic heterocycles. The summed E-state index contributed by atoms with van der Waals surface area (Å²) >= 11 is 12.1. The van der Waals surface area contributed by atoms with Crippen LogP contribution in [-0.4, -0.2) is 19.2 Å². The lowest BCUT2D eigenvalue weighted by Crippen LogP contribution is -2.20. The van der Waals surface area contributed by atoms with Gasteiger partial charge in [-0.05, 0) is 60.9 Å². The molecule has 0 aromatic heterocycles. The summed E-state index contributed by atoms with van der Waals surface area (Å²) in [6.45, 7) is 4.29. The fraction of sp³-hybridized carbons (Fsp3) is 0.200. The van der Waals surface area contributed by atoms with Crippen molar-refractivity contribution in [1.29, 1.82) is 0 Å². The first-order chi connectivity index (χ1) is 15.4. The van der Waals surface area contributed by atoms with Gasteiger partial charge in [0.1, 0.15) is 6.61 Å². The Bertz CT molecular complexity index is 1150. The van der Waals surface area contributed by atoms with E-state index in [0.29, 0.717) is 21.5 Å². The number of methoxy groups -OCH3 is 1. The van der Waals surface area contributed by atoms with Crippen LogP contribution in [-0.2, 0) is 17.8 Å².